The van der Waals surface area contributed by atoms with Crippen LogP contribution in [-0.4, -0.2) is 21.0 Å². The van der Waals surface area contributed by atoms with Crippen LogP contribution in [0.1, 0.15) is 10.6 Å². The van der Waals surface area contributed by atoms with E-state index in [0.29, 0.717) is 14.9 Å². The van der Waals surface area contributed by atoms with Crippen molar-refractivity contribution in [1.82, 2.24) is 4.98 Å². The van der Waals surface area contributed by atoms with Crippen LogP contribution in [0.4, 0.5) is 10.1 Å². The van der Waals surface area contributed by atoms with Gasteiger partial charge in [-0.3, -0.25) is 14.9 Å². The number of hydrogen-bond acceptors (Lipinski definition) is 6. The highest BCUT2D eigenvalue weighted by molar-refractivity contribution is 8.01. The Balaban J connectivity index is 2.33. The van der Waals surface area contributed by atoms with Gasteiger partial charge in [0.2, 0.25) is 5.82 Å². The number of aromatic nitrogens is 1. The molecule has 1 aromatic heterocycles. The van der Waals surface area contributed by atoms with E-state index >= 15 is 0 Å². The first kappa shape index (κ1) is 15.4. The molecule has 0 spiro atoms. The van der Waals surface area contributed by atoms with Crippen LogP contribution in [0.2, 0.25) is 0 Å². The molecule has 0 fully saturated rings. The summed E-state index contributed by atoms with van der Waals surface area (Å²) in [7, 11) is 0. The van der Waals surface area contributed by atoms with Crippen LogP contribution in [-0.2, 0) is 11.2 Å². The minimum atomic E-state index is -0.977. The van der Waals surface area contributed by atoms with Gasteiger partial charge in [-0.05, 0) is 19.1 Å². The van der Waals surface area contributed by atoms with Gasteiger partial charge in [0.1, 0.15) is 0 Å². The van der Waals surface area contributed by atoms with Crippen molar-refractivity contribution in [1.29, 1.82) is 0 Å². The Morgan fingerprint density at radius 1 is 1.57 bits per heavy atom. The van der Waals surface area contributed by atoms with Gasteiger partial charge in [-0.1, -0.05) is 17.8 Å². The third-order valence-corrected chi connectivity index (χ3v) is 4.78. The number of thiazole rings is 1. The Labute approximate surface area is 126 Å². The Bertz CT molecular complexity index is 717. The molecule has 0 unspecified atom stereocenters. The maximum Gasteiger partial charge on any atom is 0.318 e. The molecule has 9 heteroatoms. The predicted octanol–water partition coefficient (Wildman–Crippen LogP) is 3.28. The van der Waals surface area contributed by atoms with Crippen LogP contribution in [0.25, 0.3) is 0 Å². The van der Waals surface area contributed by atoms with E-state index < -0.39 is 22.4 Å². The Kier molecular flexibility index (Phi) is 4.53. The van der Waals surface area contributed by atoms with Crippen molar-refractivity contribution in [2.24, 2.45) is 0 Å². The number of nitro groups is 1. The smallest absolute Gasteiger partial charge is 0.318 e. The summed E-state index contributed by atoms with van der Waals surface area (Å²) in [5.41, 5.74) is -0.0425. The minimum Gasteiger partial charge on any atom is -0.481 e. The van der Waals surface area contributed by atoms with Crippen LogP contribution in [0.5, 0.6) is 0 Å². The second-order valence-corrected chi connectivity index (χ2v) is 6.38. The van der Waals surface area contributed by atoms with Crippen LogP contribution >= 0.6 is 23.1 Å². The fraction of sp³-hybridized carbons (Fsp3) is 0.167. The van der Waals surface area contributed by atoms with Gasteiger partial charge >= 0.3 is 11.7 Å². The zero-order valence-electron chi connectivity index (χ0n) is 10.7. The van der Waals surface area contributed by atoms with E-state index in [1.165, 1.54) is 12.1 Å². The number of hydrogen-bond donors (Lipinski definition) is 1. The normalized spacial score (nSPS) is 10.6. The third kappa shape index (κ3) is 3.56. The number of nitrogens with zero attached hydrogens (tertiary/aromatic N) is 2. The summed E-state index contributed by atoms with van der Waals surface area (Å²) in [6.07, 6.45) is -0.157. The van der Waals surface area contributed by atoms with Crippen LogP contribution in [0.3, 0.4) is 0 Å². The largest absolute Gasteiger partial charge is 0.481 e. The molecule has 0 radical (unpaired) electrons. The van der Waals surface area contributed by atoms with Crippen LogP contribution < -0.4 is 0 Å². The SMILES string of the molecule is Cc1nc(Sc2cccc(F)c2[N+](=O)[O-])sc1CC(=O)O. The molecular formula is C12H9FN2O4S2. The molecule has 0 saturated heterocycles. The number of para-hydroxylation sites is 1. The van der Waals surface area contributed by atoms with Gasteiger partial charge in [0.05, 0.1) is 21.9 Å². The lowest BCUT2D eigenvalue weighted by Gasteiger charge is -2.00. The molecular weight excluding hydrogens is 319 g/mol. The third-order valence-electron chi connectivity index (χ3n) is 2.51. The van der Waals surface area contributed by atoms with E-state index in [0.717, 1.165) is 29.2 Å². The van der Waals surface area contributed by atoms with Gasteiger partial charge in [-0.15, -0.1) is 11.3 Å². The number of halogens is 1. The topological polar surface area (TPSA) is 93.3 Å². The molecule has 0 aliphatic rings. The highest BCUT2D eigenvalue weighted by atomic mass is 32.2. The van der Waals surface area contributed by atoms with Crippen LogP contribution in [0, 0.1) is 22.9 Å². The first-order valence-electron chi connectivity index (χ1n) is 5.67. The quantitative estimate of drug-likeness (QED) is 0.669. The van der Waals surface area contributed by atoms with Gasteiger partial charge in [-0.25, -0.2) is 4.98 Å². The fourth-order valence-electron chi connectivity index (χ4n) is 1.60. The van der Waals surface area contributed by atoms with Crippen molar-refractivity contribution < 1.29 is 19.2 Å². The zero-order chi connectivity index (χ0) is 15.6. The minimum absolute atomic E-state index is 0.135. The second-order valence-electron chi connectivity index (χ2n) is 4.00. The van der Waals surface area contributed by atoms with E-state index in [9.17, 15) is 19.3 Å². The number of carboxylic acid groups (broad SMARTS) is 1. The highest BCUT2D eigenvalue weighted by Gasteiger charge is 2.22. The highest BCUT2D eigenvalue weighted by Crippen LogP contribution is 2.38. The molecule has 0 saturated carbocycles. The van der Waals surface area contributed by atoms with Gasteiger partial charge in [0.15, 0.2) is 4.34 Å². The maximum absolute atomic E-state index is 13.5. The van der Waals surface area contributed by atoms with Gasteiger partial charge < -0.3 is 5.11 Å². The van der Waals surface area contributed by atoms with Gasteiger partial charge in [0, 0.05) is 4.88 Å². The van der Waals surface area contributed by atoms with Crippen molar-refractivity contribution in [3.8, 4) is 0 Å². The van der Waals surface area contributed by atoms with Crippen molar-refractivity contribution in [2.75, 3.05) is 0 Å². The molecule has 6 nitrogen and oxygen atoms in total. The van der Waals surface area contributed by atoms with Crippen molar-refractivity contribution in [3.63, 3.8) is 0 Å². The van der Waals surface area contributed by atoms with Crippen molar-refractivity contribution in [3.05, 3.63) is 44.7 Å². The van der Waals surface area contributed by atoms with E-state index in [2.05, 4.69) is 4.98 Å². The molecule has 2 aromatic rings. The lowest BCUT2D eigenvalue weighted by Crippen LogP contribution is -1.99. The van der Waals surface area contributed by atoms with E-state index in [1.807, 2.05) is 0 Å². The average Bonchev–Trinajstić information content (AvgIpc) is 2.68. The average molecular weight is 328 g/mol. The fourth-order valence-corrected chi connectivity index (χ4v) is 3.90. The number of rotatable bonds is 5. The number of carbonyl (C=O) groups is 1. The Morgan fingerprint density at radius 2 is 2.29 bits per heavy atom. The molecule has 1 aromatic carbocycles. The molecule has 0 atom stereocenters. The lowest BCUT2D eigenvalue weighted by atomic mass is 10.3. The monoisotopic (exact) mass is 328 g/mol. The summed E-state index contributed by atoms with van der Waals surface area (Å²) in [6, 6.07) is 3.83. The molecule has 0 aliphatic carbocycles. The number of benzene rings is 1. The number of aryl methyl sites for hydroxylation is 1. The Hall–Kier alpha value is -2.00. The molecule has 2 rings (SSSR count). The molecule has 0 bridgehead atoms. The number of carboxylic acids is 1. The summed E-state index contributed by atoms with van der Waals surface area (Å²) < 4.78 is 14.0. The maximum atomic E-state index is 13.5. The van der Waals surface area contributed by atoms with Crippen molar-refractivity contribution >= 4 is 34.8 Å². The summed E-state index contributed by atoms with van der Waals surface area (Å²) in [6.45, 7) is 1.67. The van der Waals surface area contributed by atoms with E-state index in [1.54, 1.807) is 6.92 Å². The first-order chi connectivity index (χ1) is 9.88. The van der Waals surface area contributed by atoms with E-state index in [-0.39, 0.29) is 11.3 Å². The van der Waals surface area contributed by atoms with E-state index in [4.69, 9.17) is 5.11 Å². The summed E-state index contributed by atoms with van der Waals surface area (Å²) in [4.78, 5) is 25.7. The van der Waals surface area contributed by atoms with Gasteiger partial charge in [-0.2, -0.15) is 4.39 Å². The lowest BCUT2D eigenvalue weighted by molar-refractivity contribution is -0.390. The number of aliphatic carboxylic acids is 1. The molecule has 1 heterocycles. The van der Waals surface area contributed by atoms with Crippen LogP contribution in [0.15, 0.2) is 27.4 Å². The second kappa shape index (κ2) is 6.19. The first-order valence-corrected chi connectivity index (χ1v) is 7.30. The zero-order valence-corrected chi connectivity index (χ0v) is 12.3. The Morgan fingerprint density at radius 3 is 2.90 bits per heavy atom. The molecule has 1 N–H and O–H groups in total. The molecule has 0 aliphatic heterocycles. The van der Waals surface area contributed by atoms with Crippen molar-refractivity contribution in [2.45, 2.75) is 22.6 Å². The molecule has 0 amide bonds. The summed E-state index contributed by atoms with van der Waals surface area (Å²) in [5.74, 6) is -1.89. The summed E-state index contributed by atoms with van der Waals surface area (Å²) >= 11 is 2.09. The number of nitro benzene ring substituents is 1. The predicted molar refractivity (Wildman–Crippen MR) is 75.4 cm³/mol. The molecule has 21 heavy (non-hydrogen) atoms. The van der Waals surface area contributed by atoms with Gasteiger partial charge in [0.25, 0.3) is 0 Å². The summed E-state index contributed by atoms with van der Waals surface area (Å²) in [5, 5.41) is 19.7. The molecule has 110 valence electrons. The standard InChI is InChI=1S/C12H9FN2O4S2/c1-6-9(5-10(16)17)21-12(14-6)20-8-4-2-3-7(13)11(8)15(18)19/h2-4H,5H2,1H3,(H,16,17).